The highest BCUT2D eigenvalue weighted by molar-refractivity contribution is 6.06. The third-order valence-corrected chi connectivity index (χ3v) is 4.33. The largest absolute Gasteiger partial charge is 0.478 e. The Morgan fingerprint density at radius 2 is 1.84 bits per heavy atom. The Morgan fingerprint density at radius 3 is 2.35 bits per heavy atom. The number of rotatable bonds is 7. The molecule has 0 saturated carbocycles. The monoisotopic (exact) mass is 442 g/mol. The molecule has 0 saturated heterocycles. The zero-order valence-electron chi connectivity index (χ0n) is 16.3. The number of nitro groups is 1. The Balaban J connectivity index is 2.77. The molecule has 0 bridgehead atoms. The van der Waals surface area contributed by atoms with Crippen molar-refractivity contribution in [1.29, 1.82) is 0 Å². The van der Waals surface area contributed by atoms with Gasteiger partial charge in [0, 0.05) is 30.7 Å². The van der Waals surface area contributed by atoms with Gasteiger partial charge in [-0.2, -0.15) is 13.2 Å². The van der Waals surface area contributed by atoms with Gasteiger partial charge in [-0.15, -0.1) is 0 Å². The molecule has 0 spiro atoms. The summed E-state index contributed by atoms with van der Waals surface area (Å²) < 4.78 is 44.0. The Morgan fingerprint density at radius 1 is 1.23 bits per heavy atom. The summed E-state index contributed by atoms with van der Waals surface area (Å²) in [6.45, 7) is 1.67. The summed E-state index contributed by atoms with van der Waals surface area (Å²) in [6.07, 6.45) is -8.55. The summed E-state index contributed by atoms with van der Waals surface area (Å²) in [7, 11) is 0. The highest BCUT2D eigenvalue weighted by Gasteiger charge is 2.43. The van der Waals surface area contributed by atoms with Crippen LogP contribution >= 0.6 is 0 Å². The number of esters is 1. The minimum Gasteiger partial charge on any atom is -0.478 e. The van der Waals surface area contributed by atoms with Gasteiger partial charge in [0.05, 0.1) is 27.4 Å². The third-order valence-electron chi connectivity index (χ3n) is 4.33. The maximum absolute atomic E-state index is 13.1. The molecule has 0 aliphatic carbocycles. The molecule has 0 fully saturated rings. The minimum atomic E-state index is -4.98. The van der Waals surface area contributed by atoms with Gasteiger partial charge in [-0.3, -0.25) is 15.1 Å². The van der Waals surface area contributed by atoms with Gasteiger partial charge in [0.1, 0.15) is 0 Å². The molecule has 0 amide bonds. The van der Waals surface area contributed by atoms with Crippen LogP contribution < -0.4 is 0 Å². The van der Waals surface area contributed by atoms with Crippen LogP contribution in [0, 0.1) is 24.0 Å². The molecule has 12 heteroatoms. The maximum Gasteiger partial charge on any atom is 0.425 e. The number of nitrogens with zero attached hydrogens (tertiary/aromatic N) is 2. The molecule has 9 nitrogen and oxygen atoms in total. The van der Waals surface area contributed by atoms with Gasteiger partial charge in [0.25, 0.3) is 5.69 Å². The van der Waals surface area contributed by atoms with E-state index in [-0.39, 0.29) is 22.5 Å². The zero-order valence-corrected chi connectivity index (χ0v) is 16.3. The van der Waals surface area contributed by atoms with E-state index in [4.69, 9.17) is 5.11 Å². The lowest BCUT2D eigenvalue weighted by Gasteiger charge is -2.22. The van der Waals surface area contributed by atoms with Crippen molar-refractivity contribution in [2.24, 2.45) is 0 Å². The number of aromatic nitrogens is 1. The highest BCUT2D eigenvalue weighted by atomic mass is 19.4. The number of aliphatic hydroxyl groups excluding tert-OH is 1. The molecular formula is C19H17F3N2O7. The second-order valence-electron chi connectivity index (χ2n) is 6.47. The van der Waals surface area contributed by atoms with Crippen molar-refractivity contribution in [2.75, 3.05) is 6.61 Å². The van der Waals surface area contributed by atoms with E-state index in [9.17, 15) is 38.0 Å². The predicted octanol–water partition coefficient (Wildman–Crippen LogP) is 3.44. The van der Waals surface area contributed by atoms with Gasteiger partial charge in [-0.25, -0.2) is 9.59 Å². The maximum atomic E-state index is 13.1. The summed E-state index contributed by atoms with van der Waals surface area (Å²) in [4.78, 5) is 38.9. The molecule has 0 aliphatic heterocycles. The standard InChI is InChI=1S/C19H17F3N2O7/c1-9-14(17(26)27)16(11-4-3-5-12(8-11)24(29)30)15(10(2)23-9)18(28)31-13(6-7-25)19(20,21)22/h3-5,8,13,25H,6-7H2,1-2H3,(H,26,27). The molecule has 31 heavy (non-hydrogen) atoms. The lowest BCUT2D eigenvalue weighted by Crippen LogP contribution is -2.35. The van der Waals surface area contributed by atoms with Crippen molar-refractivity contribution in [3.05, 3.63) is 56.9 Å². The molecule has 1 heterocycles. The quantitative estimate of drug-likeness (QED) is 0.378. The number of hydrogen-bond acceptors (Lipinski definition) is 7. The molecule has 1 unspecified atom stereocenters. The smallest absolute Gasteiger partial charge is 0.425 e. The van der Waals surface area contributed by atoms with E-state index in [1.54, 1.807) is 0 Å². The normalized spacial score (nSPS) is 12.3. The van der Waals surface area contributed by atoms with Gasteiger partial charge in [0.15, 0.2) is 6.10 Å². The summed E-state index contributed by atoms with van der Waals surface area (Å²) in [5.41, 5.74) is -2.12. The van der Waals surface area contributed by atoms with Crippen molar-refractivity contribution in [3.63, 3.8) is 0 Å². The van der Waals surface area contributed by atoms with Crippen LogP contribution in [0.25, 0.3) is 11.1 Å². The number of carboxylic acid groups (broad SMARTS) is 1. The van der Waals surface area contributed by atoms with E-state index in [0.29, 0.717) is 0 Å². The van der Waals surface area contributed by atoms with Crippen LogP contribution in [0.15, 0.2) is 24.3 Å². The summed E-state index contributed by atoms with van der Waals surface area (Å²) in [5.74, 6) is -3.06. The molecule has 1 aromatic heterocycles. The van der Waals surface area contributed by atoms with Crippen molar-refractivity contribution in [3.8, 4) is 11.1 Å². The van der Waals surface area contributed by atoms with Crippen molar-refractivity contribution in [2.45, 2.75) is 32.5 Å². The number of benzene rings is 1. The molecule has 2 N–H and O–H groups in total. The molecule has 0 aliphatic rings. The predicted molar refractivity (Wildman–Crippen MR) is 99.7 cm³/mol. The number of aryl methyl sites for hydroxylation is 2. The van der Waals surface area contributed by atoms with Crippen LogP contribution in [-0.2, 0) is 4.74 Å². The molecule has 166 valence electrons. The van der Waals surface area contributed by atoms with Crippen molar-refractivity contribution < 1.29 is 42.6 Å². The van der Waals surface area contributed by atoms with E-state index in [1.807, 2.05) is 0 Å². The van der Waals surface area contributed by atoms with E-state index < -0.39 is 59.0 Å². The lowest BCUT2D eigenvalue weighted by atomic mass is 9.92. The average Bonchev–Trinajstić information content (AvgIpc) is 2.65. The van der Waals surface area contributed by atoms with Crippen LogP contribution in [0.5, 0.6) is 0 Å². The van der Waals surface area contributed by atoms with Gasteiger partial charge in [-0.1, -0.05) is 12.1 Å². The van der Waals surface area contributed by atoms with Gasteiger partial charge in [-0.05, 0) is 19.4 Å². The molecule has 2 aromatic rings. The summed E-state index contributed by atoms with van der Waals surface area (Å²) in [5, 5.41) is 29.6. The molecule has 2 rings (SSSR count). The van der Waals surface area contributed by atoms with Crippen LogP contribution in [-0.4, -0.2) is 50.9 Å². The van der Waals surface area contributed by atoms with Crippen LogP contribution in [0.1, 0.15) is 38.5 Å². The number of aromatic carboxylic acids is 1. The first-order chi connectivity index (χ1) is 14.4. The Hall–Kier alpha value is -3.54. The number of carbonyl (C=O) groups excluding carboxylic acids is 1. The molecule has 0 radical (unpaired) electrons. The Labute approximate surface area is 173 Å². The van der Waals surface area contributed by atoms with E-state index in [2.05, 4.69) is 9.72 Å². The van der Waals surface area contributed by atoms with Gasteiger partial charge < -0.3 is 14.9 Å². The van der Waals surface area contributed by atoms with E-state index in [1.165, 1.54) is 26.0 Å². The Bertz CT molecular complexity index is 1040. The molecule has 1 aromatic carbocycles. The second kappa shape index (κ2) is 9.08. The highest BCUT2D eigenvalue weighted by Crippen LogP contribution is 2.35. The second-order valence-corrected chi connectivity index (χ2v) is 6.47. The number of hydrogen-bond donors (Lipinski definition) is 2. The SMILES string of the molecule is Cc1nc(C)c(C(=O)OC(CCO)C(F)(F)F)c(-c2cccc([N+](=O)[O-])c2)c1C(=O)O. The number of aliphatic hydroxyl groups is 1. The zero-order chi connectivity index (χ0) is 23.5. The number of halogens is 3. The third kappa shape index (κ3) is 5.15. The van der Waals surface area contributed by atoms with Crippen LogP contribution in [0.3, 0.4) is 0 Å². The number of ether oxygens (including phenoxy) is 1. The molecular weight excluding hydrogens is 425 g/mol. The average molecular weight is 442 g/mol. The first kappa shape index (κ1) is 23.7. The summed E-state index contributed by atoms with van der Waals surface area (Å²) in [6, 6.07) is 4.64. The van der Waals surface area contributed by atoms with Crippen LogP contribution in [0.2, 0.25) is 0 Å². The van der Waals surface area contributed by atoms with Gasteiger partial charge >= 0.3 is 18.1 Å². The fourth-order valence-corrected chi connectivity index (χ4v) is 3.02. The fourth-order valence-electron chi connectivity index (χ4n) is 3.02. The number of carbonyl (C=O) groups is 2. The fraction of sp³-hybridized carbons (Fsp3) is 0.316. The topological polar surface area (TPSA) is 140 Å². The van der Waals surface area contributed by atoms with Crippen molar-refractivity contribution in [1.82, 2.24) is 4.98 Å². The number of carboxylic acids is 1. The number of non-ortho nitro benzene ring substituents is 1. The van der Waals surface area contributed by atoms with Crippen molar-refractivity contribution >= 4 is 17.6 Å². The minimum absolute atomic E-state index is 0.0502. The van der Waals surface area contributed by atoms with E-state index in [0.717, 1.165) is 12.1 Å². The molecule has 1 atom stereocenters. The lowest BCUT2D eigenvalue weighted by molar-refractivity contribution is -0.384. The summed E-state index contributed by atoms with van der Waals surface area (Å²) >= 11 is 0. The number of pyridine rings is 1. The number of alkyl halides is 3. The first-order valence-electron chi connectivity index (χ1n) is 8.76. The van der Waals surface area contributed by atoms with Gasteiger partial charge in [0.2, 0.25) is 0 Å². The first-order valence-corrected chi connectivity index (χ1v) is 8.76. The van der Waals surface area contributed by atoms with E-state index >= 15 is 0 Å². The number of nitro benzene ring substituents is 1. The Kier molecular flexibility index (Phi) is 6.95. The van der Waals surface area contributed by atoms with Crippen LogP contribution in [0.4, 0.5) is 18.9 Å².